The van der Waals surface area contributed by atoms with Crippen LogP contribution in [0, 0.1) is 5.92 Å². The van der Waals surface area contributed by atoms with Crippen molar-refractivity contribution in [3.05, 3.63) is 23.0 Å². The minimum Gasteiger partial charge on any atom is -0.477 e. The van der Waals surface area contributed by atoms with Gasteiger partial charge in [-0.25, -0.2) is 4.79 Å². The largest absolute Gasteiger partial charge is 0.477 e. The molecule has 0 aliphatic rings. The van der Waals surface area contributed by atoms with E-state index in [4.69, 9.17) is 16.7 Å². The smallest absolute Gasteiger partial charge is 0.352 e. The summed E-state index contributed by atoms with van der Waals surface area (Å²) >= 11 is 5.82. The summed E-state index contributed by atoms with van der Waals surface area (Å²) in [6.07, 6.45) is 7.59. The standard InChI is InChI=1S/C14H22ClNO2/c1-11(2)7-5-3-4-6-8-16-10-12(15)9-13(16)14(17)18/h9-11H,3-8H2,1-2H3,(H,17,18). The average Bonchev–Trinajstić information content (AvgIpc) is 2.64. The molecule has 1 heterocycles. The van der Waals surface area contributed by atoms with Gasteiger partial charge in [0, 0.05) is 12.7 Å². The predicted octanol–water partition coefficient (Wildman–Crippen LogP) is 4.45. The number of aromatic nitrogens is 1. The molecule has 0 aliphatic heterocycles. The fourth-order valence-electron chi connectivity index (χ4n) is 2.03. The third-order valence-electron chi connectivity index (χ3n) is 3.01. The normalized spacial score (nSPS) is 11.1. The maximum atomic E-state index is 11.0. The Morgan fingerprint density at radius 3 is 2.61 bits per heavy atom. The quantitative estimate of drug-likeness (QED) is 0.710. The number of rotatable bonds is 8. The highest BCUT2D eigenvalue weighted by molar-refractivity contribution is 6.30. The molecule has 0 fully saturated rings. The number of unbranched alkanes of at least 4 members (excludes halogenated alkanes) is 3. The maximum absolute atomic E-state index is 11.0. The molecule has 0 radical (unpaired) electrons. The van der Waals surface area contributed by atoms with Gasteiger partial charge in [0.2, 0.25) is 0 Å². The third kappa shape index (κ3) is 5.13. The summed E-state index contributed by atoms with van der Waals surface area (Å²) in [6.45, 7) is 5.21. The van der Waals surface area contributed by atoms with E-state index in [1.165, 1.54) is 25.3 Å². The van der Waals surface area contributed by atoms with Gasteiger partial charge >= 0.3 is 5.97 Å². The molecule has 1 rings (SSSR count). The summed E-state index contributed by atoms with van der Waals surface area (Å²) in [5.74, 6) is -0.145. The van der Waals surface area contributed by atoms with Crippen LogP contribution in [0.4, 0.5) is 0 Å². The van der Waals surface area contributed by atoms with Gasteiger partial charge in [0.15, 0.2) is 0 Å². The molecule has 4 heteroatoms. The Labute approximate surface area is 114 Å². The summed E-state index contributed by atoms with van der Waals surface area (Å²) in [5.41, 5.74) is 0.280. The van der Waals surface area contributed by atoms with Crippen LogP contribution in [-0.4, -0.2) is 15.6 Å². The summed E-state index contributed by atoms with van der Waals surface area (Å²) in [5, 5.41) is 9.49. The summed E-state index contributed by atoms with van der Waals surface area (Å²) < 4.78 is 1.73. The lowest BCUT2D eigenvalue weighted by molar-refractivity contribution is 0.0685. The molecule has 0 atom stereocenters. The van der Waals surface area contributed by atoms with E-state index in [1.54, 1.807) is 10.8 Å². The molecule has 18 heavy (non-hydrogen) atoms. The van der Waals surface area contributed by atoms with E-state index in [0.29, 0.717) is 5.02 Å². The molecule has 0 unspecified atom stereocenters. The Morgan fingerprint density at radius 1 is 1.33 bits per heavy atom. The SMILES string of the molecule is CC(C)CCCCCCn1cc(Cl)cc1C(=O)O. The molecule has 1 aromatic heterocycles. The van der Waals surface area contributed by atoms with Crippen molar-refractivity contribution in [1.82, 2.24) is 4.57 Å². The summed E-state index contributed by atoms with van der Waals surface area (Å²) in [4.78, 5) is 11.0. The molecule has 0 amide bonds. The van der Waals surface area contributed by atoms with Crippen molar-refractivity contribution >= 4 is 17.6 Å². The monoisotopic (exact) mass is 271 g/mol. The zero-order chi connectivity index (χ0) is 13.5. The van der Waals surface area contributed by atoms with E-state index >= 15 is 0 Å². The minimum atomic E-state index is -0.915. The van der Waals surface area contributed by atoms with Crippen LogP contribution in [0.3, 0.4) is 0 Å². The van der Waals surface area contributed by atoms with Gasteiger partial charge in [0.1, 0.15) is 5.69 Å². The minimum absolute atomic E-state index is 0.280. The number of aryl methyl sites for hydroxylation is 1. The first-order chi connectivity index (χ1) is 8.50. The van der Waals surface area contributed by atoms with Gasteiger partial charge in [0.25, 0.3) is 0 Å². The number of carboxylic acid groups (broad SMARTS) is 1. The third-order valence-corrected chi connectivity index (χ3v) is 3.22. The number of halogens is 1. The van der Waals surface area contributed by atoms with Crippen LogP contribution in [0.25, 0.3) is 0 Å². The molecular weight excluding hydrogens is 250 g/mol. The average molecular weight is 272 g/mol. The molecule has 0 bridgehead atoms. The Morgan fingerprint density at radius 2 is 2.00 bits per heavy atom. The van der Waals surface area contributed by atoms with Crippen molar-refractivity contribution in [3.63, 3.8) is 0 Å². The highest BCUT2D eigenvalue weighted by Crippen LogP contribution is 2.16. The second kappa shape index (κ2) is 7.47. The maximum Gasteiger partial charge on any atom is 0.352 e. The lowest BCUT2D eigenvalue weighted by Crippen LogP contribution is -2.07. The van der Waals surface area contributed by atoms with Crippen molar-refractivity contribution in [2.24, 2.45) is 5.92 Å². The number of nitrogens with zero attached hydrogens (tertiary/aromatic N) is 1. The van der Waals surface area contributed by atoms with Crippen molar-refractivity contribution < 1.29 is 9.90 Å². The molecular formula is C14H22ClNO2. The Kier molecular flexibility index (Phi) is 6.27. The van der Waals surface area contributed by atoms with E-state index in [2.05, 4.69) is 13.8 Å². The van der Waals surface area contributed by atoms with Crippen LogP contribution in [0.2, 0.25) is 5.02 Å². The Hall–Kier alpha value is -0.960. The first-order valence-corrected chi connectivity index (χ1v) is 6.97. The van der Waals surface area contributed by atoms with Gasteiger partial charge in [0.05, 0.1) is 5.02 Å². The number of hydrogen-bond donors (Lipinski definition) is 1. The predicted molar refractivity (Wildman–Crippen MR) is 74.3 cm³/mol. The highest BCUT2D eigenvalue weighted by Gasteiger charge is 2.10. The Balaban J connectivity index is 2.29. The molecule has 1 N–H and O–H groups in total. The number of aromatic carboxylic acids is 1. The fraction of sp³-hybridized carbons (Fsp3) is 0.643. The molecule has 102 valence electrons. The highest BCUT2D eigenvalue weighted by atomic mass is 35.5. The molecule has 0 saturated heterocycles. The van der Waals surface area contributed by atoms with Crippen molar-refractivity contribution in [1.29, 1.82) is 0 Å². The zero-order valence-corrected chi connectivity index (χ0v) is 11.9. The summed E-state index contributed by atoms with van der Waals surface area (Å²) in [6, 6.07) is 1.50. The van der Waals surface area contributed by atoms with Gasteiger partial charge in [-0.3, -0.25) is 0 Å². The first kappa shape index (κ1) is 15.1. The van der Waals surface area contributed by atoms with Gasteiger partial charge in [-0.2, -0.15) is 0 Å². The number of carbonyl (C=O) groups is 1. The summed E-state index contributed by atoms with van der Waals surface area (Å²) in [7, 11) is 0. The second-order valence-electron chi connectivity index (χ2n) is 5.14. The molecule has 1 aromatic rings. The van der Waals surface area contributed by atoms with Crippen molar-refractivity contribution in [2.45, 2.75) is 52.5 Å². The topological polar surface area (TPSA) is 42.2 Å². The van der Waals surface area contributed by atoms with Gasteiger partial charge < -0.3 is 9.67 Å². The lowest BCUT2D eigenvalue weighted by Gasteiger charge is -2.07. The molecule has 0 spiro atoms. The van der Waals surface area contributed by atoms with Gasteiger partial charge in [-0.15, -0.1) is 0 Å². The molecule has 3 nitrogen and oxygen atoms in total. The molecule has 0 saturated carbocycles. The van der Waals surface area contributed by atoms with E-state index < -0.39 is 5.97 Å². The second-order valence-corrected chi connectivity index (χ2v) is 5.58. The van der Waals surface area contributed by atoms with Crippen molar-refractivity contribution in [3.8, 4) is 0 Å². The van der Waals surface area contributed by atoms with Crippen LogP contribution in [-0.2, 0) is 6.54 Å². The van der Waals surface area contributed by atoms with Crippen LogP contribution in [0.1, 0.15) is 56.4 Å². The number of hydrogen-bond acceptors (Lipinski definition) is 1. The van der Waals surface area contributed by atoms with E-state index in [1.807, 2.05) is 0 Å². The van der Waals surface area contributed by atoms with E-state index in [0.717, 1.165) is 25.3 Å². The Bertz CT molecular complexity index is 385. The number of carboxylic acids is 1. The van der Waals surface area contributed by atoms with Gasteiger partial charge in [-0.05, 0) is 18.4 Å². The first-order valence-electron chi connectivity index (χ1n) is 6.59. The van der Waals surface area contributed by atoms with Crippen LogP contribution in [0.5, 0.6) is 0 Å². The zero-order valence-electron chi connectivity index (χ0n) is 11.2. The van der Waals surface area contributed by atoms with Crippen LogP contribution >= 0.6 is 11.6 Å². The van der Waals surface area contributed by atoms with E-state index in [9.17, 15) is 4.79 Å². The van der Waals surface area contributed by atoms with E-state index in [-0.39, 0.29) is 5.69 Å². The van der Waals surface area contributed by atoms with Crippen LogP contribution < -0.4 is 0 Å². The van der Waals surface area contributed by atoms with Gasteiger partial charge in [-0.1, -0.05) is 51.1 Å². The lowest BCUT2D eigenvalue weighted by atomic mass is 10.0. The fourth-order valence-corrected chi connectivity index (χ4v) is 2.25. The molecule has 0 aliphatic carbocycles. The van der Waals surface area contributed by atoms with Crippen molar-refractivity contribution in [2.75, 3.05) is 0 Å². The molecule has 0 aromatic carbocycles. The van der Waals surface area contributed by atoms with Crippen LogP contribution in [0.15, 0.2) is 12.3 Å².